The molecule has 61 valence electrons. The maximum atomic E-state index is 12.8. The Kier molecular flexibility index (Phi) is 1.50. The standard InChI is InChI=1S/C10H9FN/c1-6-7(2)12-10-4-3-8(11)5-9(6)10/h3-5H,1-2H3. The SMILES string of the molecule is CC1=NC2=C[CH]C(F)=CC2=C1C. The third kappa shape index (κ3) is 0.951. The average Bonchev–Trinajstić information content (AvgIpc) is 2.31. The Bertz CT molecular complexity index is 356. The summed E-state index contributed by atoms with van der Waals surface area (Å²) in [6.07, 6.45) is 4.68. The van der Waals surface area contributed by atoms with E-state index in [1.807, 2.05) is 13.8 Å². The smallest absolute Gasteiger partial charge is 0.109 e. The first-order valence-electron chi connectivity index (χ1n) is 3.87. The molecule has 0 aromatic rings. The maximum absolute atomic E-state index is 12.8. The molecule has 1 aliphatic carbocycles. The van der Waals surface area contributed by atoms with E-state index >= 15 is 0 Å². The largest absolute Gasteiger partial charge is 0.253 e. The summed E-state index contributed by atoms with van der Waals surface area (Å²) >= 11 is 0. The fourth-order valence-electron chi connectivity index (χ4n) is 1.37. The van der Waals surface area contributed by atoms with Gasteiger partial charge in [-0.2, -0.15) is 0 Å². The van der Waals surface area contributed by atoms with Gasteiger partial charge in [0.15, 0.2) is 0 Å². The molecule has 0 unspecified atom stereocenters. The zero-order valence-electron chi connectivity index (χ0n) is 7.06. The van der Waals surface area contributed by atoms with Crippen LogP contribution in [0.5, 0.6) is 0 Å². The Hall–Kier alpha value is -1.18. The van der Waals surface area contributed by atoms with Crippen molar-refractivity contribution in [1.82, 2.24) is 0 Å². The van der Waals surface area contributed by atoms with Gasteiger partial charge in [0.2, 0.25) is 0 Å². The number of fused-ring (bicyclic) bond motifs is 1. The fraction of sp³-hybridized carbons (Fsp3) is 0.200. The van der Waals surface area contributed by atoms with Gasteiger partial charge in [-0.15, -0.1) is 0 Å². The van der Waals surface area contributed by atoms with Gasteiger partial charge in [0.25, 0.3) is 0 Å². The summed E-state index contributed by atoms with van der Waals surface area (Å²) in [5.74, 6) is -0.196. The number of aliphatic imine (C=N–C) groups is 1. The molecular formula is C10H9FN. The fourth-order valence-corrected chi connectivity index (χ4v) is 1.37. The number of hydrogen-bond acceptors (Lipinski definition) is 1. The van der Waals surface area contributed by atoms with Crippen LogP contribution in [-0.2, 0) is 0 Å². The Balaban J connectivity index is 2.53. The van der Waals surface area contributed by atoms with Crippen LogP contribution in [0.15, 0.2) is 39.8 Å². The summed E-state index contributed by atoms with van der Waals surface area (Å²) in [7, 11) is 0. The van der Waals surface area contributed by atoms with Crippen LogP contribution >= 0.6 is 0 Å². The Labute approximate surface area is 71.0 Å². The van der Waals surface area contributed by atoms with E-state index in [0.717, 1.165) is 22.6 Å². The van der Waals surface area contributed by atoms with Crippen molar-refractivity contribution >= 4 is 5.71 Å². The second-order valence-corrected chi connectivity index (χ2v) is 2.98. The predicted octanol–water partition coefficient (Wildman–Crippen LogP) is 2.73. The molecule has 0 saturated heterocycles. The molecule has 1 aliphatic heterocycles. The molecule has 1 heterocycles. The van der Waals surface area contributed by atoms with Crippen LogP contribution in [0.2, 0.25) is 0 Å². The molecule has 1 nitrogen and oxygen atoms in total. The summed E-state index contributed by atoms with van der Waals surface area (Å²) in [5.41, 5.74) is 3.86. The highest BCUT2D eigenvalue weighted by atomic mass is 19.1. The van der Waals surface area contributed by atoms with Gasteiger partial charge in [-0.25, -0.2) is 4.39 Å². The van der Waals surface area contributed by atoms with Crippen molar-refractivity contribution in [3.05, 3.63) is 41.2 Å². The minimum atomic E-state index is -0.196. The summed E-state index contributed by atoms with van der Waals surface area (Å²) in [6, 6.07) is 0. The van der Waals surface area contributed by atoms with Crippen LogP contribution in [0, 0.1) is 6.42 Å². The van der Waals surface area contributed by atoms with Crippen molar-refractivity contribution in [2.24, 2.45) is 4.99 Å². The van der Waals surface area contributed by atoms with Crippen LogP contribution < -0.4 is 0 Å². The van der Waals surface area contributed by atoms with Crippen molar-refractivity contribution in [3.63, 3.8) is 0 Å². The molecule has 0 saturated carbocycles. The molecule has 0 bridgehead atoms. The third-order valence-corrected chi connectivity index (χ3v) is 2.19. The lowest BCUT2D eigenvalue weighted by atomic mass is 10.0. The molecule has 2 heteroatoms. The maximum Gasteiger partial charge on any atom is 0.109 e. The summed E-state index contributed by atoms with van der Waals surface area (Å²) in [6.45, 7) is 3.90. The van der Waals surface area contributed by atoms with Crippen molar-refractivity contribution in [2.75, 3.05) is 0 Å². The van der Waals surface area contributed by atoms with Crippen LogP contribution in [0.25, 0.3) is 0 Å². The topological polar surface area (TPSA) is 12.4 Å². The molecule has 0 N–H and O–H groups in total. The van der Waals surface area contributed by atoms with Gasteiger partial charge in [0, 0.05) is 17.7 Å². The first-order valence-corrected chi connectivity index (χ1v) is 3.87. The Morgan fingerprint density at radius 2 is 2.08 bits per heavy atom. The number of allylic oxidation sites excluding steroid dienone is 4. The van der Waals surface area contributed by atoms with Gasteiger partial charge in [-0.3, -0.25) is 4.99 Å². The summed E-state index contributed by atoms with van der Waals surface area (Å²) in [5, 5.41) is 0. The molecule has 0 amide bonds. The van der Waals surface area contributed by atoms with Crippen LogP contribution in [0.1, 0.15) is 13.8 Å². The number of hydrogen-bond donors (Lipinski definition) is 0. The zero-order chi connectivity index (χ0) is 8.72. The number of nitrogens with zero attached hydrogens (tertiary/aromatic N) is 1. The molecule has 0 atom stereocenters. The van der Waals surface area contributed by atoms with Crippen LogP contribution in [0.3, 0.4) is 0 Å². The average molecular weight is 162 g/mol. The van der Waals surface area contributed by atoms with Crippen LogP contribution in [-0.4, -0.2) is 5.71 Å². The first-order chi connectivity index (χ1) is 5.68. The highest BCUT2D eigenvalue weighted by molar-refractivity contribution is 6.03. The van der Waals surface area contributed by atoms with E-state index in [9.17, 15) is 4.39 Å². The molecule has 0 fully saturated rings. The second kappa shape index (κ2) is 2.41. The summed E-state index contributed by atoms with van der Waals surface area (Å²) < 4.78 is 12.8. The molecule has 12 heavy (non-hydrogen) atoms. The lowest BCUT2D eigenvalue weighted by Gasteiger charge is -2.05. The monoisotopic (exact) mass is 162 g/mol. The highest BCUT2D eigenvalue weighted by Gasteiger charge is 2.19. The van der Waals surface area contributed by atoms with Crippen molar-refractivity contribution < 1.29 is 4.39 Å². The molecule has 1 radical (unpaired) electrons. The van der Waals surface area contributed by atoms with Crippen molar-refractivity contribution in [2.45, 2.75) is 13.8 Å². The number of rotatable bonds is 0. The minimum absolute atomic E-state index is 0.196. The van der Waals surface area contributed by atoms with Gasteiger partial charge in [-0.1, -0.05) is 0 Å². The predicted molar refractivity (Wildman–Crippen MR) is 47.4 cm³/mol. The molecule has 0 aromatic heterocycles. The van der Waals surface area contributed by atoms with Gasteiger partial charge in [0.1, 0.15) is 5.83 Å². The van der Waals surface area contributed by atoms with E-state index in [2.05, 4.69) is 4.99 Å². The molecule has 0 spiro atoms. The lowest BCUT2D eigenvalue weighted by Crippen LogP contribution is -1.91. The van der Waals surface area contributed by atoms with Gasteiger partial charge in [-0.05, 0) is 31.6 Å². The van der Waals surface area contributed by atoms with E-state index in [4.69, 9.17) is 0 Å². The molecular weight excluding hydrogens is 153 g/mol. The van der Waals surface area contributed by atoms with E-state index in [1.54, 1.807) is 6.08 Å². The van der Waals surface area contributed by atoms with E-state index in [0.29, 0.717) is 0 Å². The Morgan fingerprint density at radius 3 is 2.83 bits per heavy atom. The van der Waals surface area contributed by atoms with E-state index in [1.165, 1.54) is 12.5 Å². The van der Waals surface area contributed by atoms with E-state index in [-0.39, 0.29) is 5.83 Å². The molecule has 2 rings (SSSR count). The van der Waals surface area contributed by atoms with Crippen molar-refractivity contribution in [3.8, 4) is 0 Å². The van der Waals surface area contributed by atoms with E-state index < -0.39 is 0 Å². The Morgan fingerprint density at radius 1 is 1.33 bits per heavy atom. The van der Waals surface area contributed by atoms with Gasteiger partial charge < -0.3 is 0 Å². The normalized spacial score (nSPS) is 21.8. The van der Waals surface area contributed by atoms with Crippen LogP contribution in [0.4, 0.5) is 4.39 Å². The van der Waals surface area contributed by atoms with Gasteiger partial charge in [0.05, 0.1) is 5.70 Å². The second-order valence-electron chi connectivity index (χ2n) is 2.98. The minimum Gasteiger partial charge on any atom is -0.253 e. The first kappa shape index (κ1) is 7.47. The lowest BCUT2D eigenvalue weighted by molar-refractivity contribution is 0.651. The third-order valence-electron chi connectivity index (χ3n) is 2.19. The molecule has 0 aromatic carbocycles. The molecule has 2 aliphatic rings. The highest BCUT2D eigenvalue weighted by Crippen LogP contribution is 2.31. The quantitative estimate of drug-likeness (QED) is 0.519. The van der Waals surface area contributed by atoms with Gasteiger partial charge >= 0.3 is 0 Å². The summed E-state index contributed by atoms with van der Waals surface area (Å²) in [4.78, 5) is 4.29. The zero-order valence-corrected chi connectivity index (χ0v) is 7.06. The number of halogens is 1. The van der Waals surface area contributed by atoms with Crippen molar-refractivity contribution in [1.29, 1.82) is 0 Å².